The lowest BCUT2D eigenvalue weighted by molar-refractivity contribution is 0.291. The summed E-state index contributed by atoms with van der Waals surface area (Å²) >= 11 is 2.81. The van der Waals surface area contributed by atoms with Gasteiger partial charge in [-0.25, -0.2) is 0 Å². The van der Waals surface area contributed by atoms with Gasteiger partial charge in [0.15, 0.2) is 0 Å². The predicted molar refractivity (Wildman–Crippen MR) is 36.2 cm³/mol. The van der Waals surface area contributed by atoms with Gasteiger partial charge in [0.1, 0.15) is 5.25 Å². The molecular formula is C3H7BrO4S. The molecule has 0 bridgehead atoms. The van der Waals surface area contributed by atoms with E-state index in [-0.39, 0.29) is 5.33 Å². The fourth-order valence-corrected chi connectivity index (χ4v) is 1.78. The van der Waals surface area contributed by atoms with E-state index in [0.29, 0.717) is 0 Å². The Hall–Kier alpha value is 0.350. The van der Waals surface area contributed by atoms with Gasteiger partial charge < -0.3 is 5.11 Å². The van der Waals surface area contributed by atoms with Crippen LogP contribution in [0.4, 0.5) is 0 Å². The smallest absolute Gasteiger partial charge is 0.270 e. The molecule has 0 aromatic carbocycles. The van der Waals surface area contributed by atoms with Crippen molar-refractivity contribution in [1.29, 1.82) is 0 Å². The molecule has 0 saturated carbocycles. The van der Waals surface area contributed by atoms with Crippen molar-refractivity contribution in [3.63, 3.8) is 0 Å². The number of aliphatic hydroxyl groups excluding tert-OH is 1. The third-order valence-corrected chi connectivity index (χ3v) is 3.17. The van der Waals surface area contributed by atoms with E-state index in [4.69, 9.17) is 9.66 Å². The second-order valence-electron chi connectivity index (χ2n) is 1.47. The Balaban J connectivity index is 4.14. The van der Waals surface area contributed by atoms with Crippen molar-refractivity contribution in [1.82, 2.24) is 0 Å². The molecule has 2 N–H and O–H groups in total. The van der Waals surface area contributed by atoms with Gasteiger partial charge in [-0.05, 0) is 0 Å². The van der Waals surface area contributed by atoms with Crippen molar-refractivity contribution >= 4 is 26.0 Å². The lowest BCUT2D eigenvalue weighted by atomic mass is 10.5. The van der Waals surface area contributed by atoms with E-state index in [1.165, 1.54) is 0 Å². The first-order valence-corrected chi connectivity index (χ1v) is 4.78. The van der Waals surface area contributed by atoms with Gasteiger partial charge in [-0.1, -0.05) is 15.9 Å². The minimum atomic E-state index is -4.06. The van der Waals surface area contributed by atoms with E-state index in [0.717, 1.165) is 0 Å². The van der Waals surface area contributed by atoms with Gasteiger partial charge in [0, 0.05) is 5.33 Å². The average Bonchev–Trinajstić information content (AvgIpc) is 1.65. The molecule has 0 aliphatic heterocycles. The van der Waals surface area contributed by atoms with Crippen LogP contribution in [0.5, 0.6) is 0 Å². The largest absolute Gasteiger partial charge is 0.395 e. The molecule has 0 aromatic heterocycles. The van der Waals surface area contributed by atoms with E-state index < -0.39 is 22.0 Å². The molecule has 1 atom stereocenters. The maximum absolute atomic E-state index is 10.2. The van der Waals surface area contributed by atoms with Gasteiger partial charge in [0.2, 0.25) is 0 Å². The highest BCUT2D eigenvalue weighted by molar-refractivity contribution is 9.09. The van der Waals surface area contributed by atoms with E-state index in [2.05, 4.69) is 15.9 Å². The van der Waals surface area contributed by atoms with Crippen LogP contribution in [-0.4, -0.2) is 35.3 Å². The van der Waals surface area contributed by atoms with E-state index in [1.807, 2.05) is 0 Å². The summed E-state index contributed by atoms with van der Waals surface area (Å²) in [5, 5.41) is 7.24. The molecule has 0 rings (SSSR count). The zero-order valence-corrected chi connectivity index (χ0v) is 6.89. The first-order chi connectivity index (χ1) is 4.02. The molecule has 6 heteroatoms. The van der Waals surface area contributed by atoms with Crippen molar-refractivity contribution in [2.45, 2.75) is 5.25 Å². The number of aliphatic hydroxyl groups is 1. The summed E-state index contributed by atoms with van der Waals surface area (Å²) in [6, 6.07) is 0. The molecular weight excluding hydrogens is 212 g/mol. The third-order valence-electron chi connectivity index (χ3n) is 0.797. The highest BCUT2D eigenvalue weighted by Crippen LogP contribution is 2.00. The van der Waals surface area contributed by atoms with Gasteiger partial charge >= 0.3 is 0 Å². The van der Waals surface area contributed by atoms with Crippen molar-refractivity contribution < 1.29 is 18.1 Å². The molecule has 0 fully saturated rings. The molecule has 0 spiro atoms. The second-order valence-corrected chi connectivity index (χ2v) is 3.82. The van der Waals surface area contributed by atoms with Crippen LogP contribution < -0.4 is 0 Å². The van der Waals surface area contributed by atoms with Crippen molar-refractivity contribution in [2.24, 2.45) is 0 Å². The monoisotopic (exact) mass is 218 g/mol. The van der Waals surface area contributed by atoms with Crippen LogP contribution in [0.2, 0.25) is 0 Å². The lowest BCUT2D eigenvalue weighted by Gasteiger charge is -2.04. The summed E-state index contributed by atoms with van der Waals surface area (Å²) in [4.78, 5) is 0. The zero-order chi connectivity index (χ0) is 7.49. The third kappa shape index (κ3) is 3.14. The molecule has 0 amide bonds. The molecule has 1 unspecified atom stereocenters. The fraction of sp³-hybridized carbons (Fsp3) is 1.00. The van der Waals surface area contributed by atoms with Crippen LogP contribution in [-0.2, 0) is 10.1 Å². The van der Waals surface area contributed by atoms with Gasteiger partial charge in [-0.2, -0.15) is 8.42 Å². The zero-order valence-electron chi connectivity index (χ0n) is 4.49. The topological polar surface area (TPSA) is 74.6 Å². The highest BCUT2D eigenvalue weighted by Gasteiger charge is 2.19. The maximum Gasteiger partial charge on any atom is 0.270 e. The van der Waals surface area contributed by atoms with Crippen LogP contribution in [0.1, 0.15) is 0 Å². The highest BCUT2D eigenvalue weighted by atomic mass is 79.9. The number of hydrogen-bond donors (Lipinski definition) is 2. The molecule has 0 radical (unpaired) electrons. The molecule has 0 aromatic rings. The number of rotatable bonds is 3. The van der Waals surface area contributed by atoms with Crippen LogP contribution >= 0.6 is 15.9 Å². The number of alkyl halides is 1. The van der Waals surface area contributed by atoms with Gasteiger partial charge in [0.05, 0.1) is 6.61 Å². The molecule has 0 saturated heterocycles. The van der Waals surface area contributed by atoms with Crippen LogP contribution in [0, 0.1) is 0 Å². The molecule has 9 heavy (non-hydrogen) atoms. The van der Waals surface area contributed by atoms with Crippen LogP contribution in [0.15, 0.2) is 0 Å². The van der Waals surface area contributed by atoms with E-state index in [9.17, 15) is 8.42 Å². The summed E-state index contributed by atoms with van der Waals surface area (Å²) < 4.78 is 28.6. The maximum atomic E-state index is 10.2. The first kappa shape index (κ1) is 9.35. The SMILES string of the molecule is O=S(=O)(O)C(CO)CBr. The van der Waals surface area contributed by atoms with Crippen molar-refractivity contribution in [3.8, 4) is 0 Å². The predicted octanol–water partition coefficient (Wildman–Crippen LogP) is -0.370. The summed E-state index contributed by atoms with van der Waals surface area (Å²) in [5.74, 6) is 0. The normalized spacial score (nSPS) is 15.4. The average molecular weight is 219 g/mol. The minimum Gasteiger partial charge on any atom is -0.395 e. The number of halogens is 1. The first-order valence-electron chi connectivity index (χ1n) is 2.15. The van der Waals surface area contributed by atoms with Crippen molar-refractivity contribution in [3.05, 3.63) is 0 Å². The van der Waals surface area contributed by atoms with Crippen LogP contribution in [0.25, 0.3) is 0 Å². The standard InChI is InChI=1S/C3H7BrO4S/c4-1-3(2-5)9(6,7)8/h3,5H,1-2H2,(H,6,7,8). The minimum absolute atomic E-state index is 0.0440. The Morgan fingerprint density at radius 2 is 2.00 bits per heavy atom. The van der Waals surface area contributed by atoms with E-state index >= 15 is 0 Å². The van der Waals surface area contributed by atoms with Gasteiger partial charge in [0.25, 0.3) is 10.1 Å². The van der Waals surface area contributed by atoms with Gasteiger partial charge in [-0.3, -0.25) is 4.55 Å². The molecule has 0 aliphatic rings. The Labute approximate surface area is 61.8 Å². The Bertz CT molecular complexity index is 159. The Morgan fingerprint density at radius 3 is 2.00 bits per heavy atom. The Morgan fingerprint density at radius 1 is 1.56 bits per heavy atom. The summed E-state index contributed by atoms with van der Waals surface area (Å²) in [6.07, 6.45) is 0. The Kier molecular flexibility index (Phi) is 3.64. The van der Waals surface area contributed by atoms with Crippen molar-refractivity contribution in [2.75, 3.05) is 11.9 Å². The number of hydrogen-bond acceptors (Lipinski definition) is 3. The summed E-state index contributed by atoms with van der Waals surface area (Å²) in [5.41, 5.74) is 0. The van der Waals surface area contributed by atoms with Crippen LogP contribution in [0.3, 0.4) is 0 Å². The van der Waals surface area contributed by atoms with Gasteiger partial charge in [-0.15, -0.1) is 0 Å². The summed E-state index contributed by atoms with van der Waals surface area (Å²) in [6.45, 7) is -0.565. The quantitative estimate of drug-likeness (QED) is 0.501. The lowest BCUT2D eigenvalue weighted by Crippen LogP contribution is -2.25. The fourth-order valence-electron chi connectivity index (χ4n) is 0.223. The second kappa shape index (κ2) is 3.50. The molecule has 4 nitrogen and oxygen atoms in total. The summed E-state index contributed by atoms with van der Waals surface area (Å²) in [7, 11) is -4.06. The molecule has 0 heterocycles. The molecule has 56 valence electrons. The van der Waals surface area contributed by atoms with E-state index in [1.54, 1.807) is 0 Å². The molecule has 0 aliphatic carbocycles.